The highest BCUT2D eigenvalue weighted by atomic mass is 19.1. The maximum Gasteiger partial charge on any atom is 0.100 e. The summed E-state index contributed by atoms with van der Waals surface area (Å²) in [5.41, 5.74) is 0. The Balaban J connectivity index is 1.73. The predicted molar refractivity (Wildman–Crippen MR) is 52.4 cm³/mol. The van der Waals surface area contributed by atoms with Gasteiger partial charge in [-0.1, -0.05) is 12.8 Å². The average molecular weight is 185 g/mol. The number of hydrogen-bond donors (Lipinski definition) is 1. The molecule has 1 saturated heterocycles. The Bertz CT molecular complexity index is 154. The second-order valence-corrected chi connectivity index (χ2v) is 4.72. The zero-order valence-corrected chi connectivity index (χ0v) is 8.27. The van der Waals surface area contributed by atoms with E-state index in [9.17, 15) is 4.39 Å². The lowest BCUT2D eigenvalue weighted by Crippen LogP contribution is -2.20. The summed E-state index contributed by atoms with van der Waals surface area (Å²) >= 11 is 0. The summed E-state index contributed by atoms with van der Waals surface area (Å²) in [6, 6.07) is 0. The molecule has 0 aromatic rings. The van der Waals surface area contributed by atoms with Crippen LogP contribution in [0, 0.1) is 11.8 Å². The van der Waals surface area contributed by atoms with Crippen molar-refractivity contribution < 1.29 is 4.39 Å². The molecule has 13 heavy (non-hydrogen) atoms. The molecule has 1 nitrogen and oxygen atoms in total. The van der Waals surface area contributed by atoms with Gasteiger partial charge in [0, 0.05) is 0 Å². The Morgan fingerprint density at radius 3 is 2.77 bits per heavy atom. The molecule has 3 unspecified atom stereocenters. The van der Waals surface area contributed by atoms with Gasteiger partial charge in [0.1, 0.15) is 6.17 Å². The van der Waals surface area contributed by atoms with Crippen LogP contribution < -0.4 is 5.32 Å². The lowest BCUT2D eigenvalue weighted by molar-refractivity contribution is 0.179. The van der Waals surface area contributed by atoms with E-state index in [0.717, 1.165) is 25.2 Å². The Hall–Kier alpha value is -0.110. The summed E-state index contributed by atoms with van der Waals surface area (Å²) in [7, 11) is 0. The maximum absolute atomic E-state index is 13.1. The molecule has 2 rings (SSSR count). The first-order valence-corrected chi connectivity index (χ1v) is 5.69. The summed E-state index contributed by atoms with van der Waals surface area (Å²) in [5, 5.41) is 3.38. The van der Waals surface area contributed by atoms with Crippen molar-refractivity contribution in [2.45, 2.75) is 44.7 Å². The van der Waals surface area contributed by atoms with E-state index < -0.39 is 6.17 Å². The van der Waals surface area contributed by atoms with Crippen molar-refractivity contribution in [1.82, 2.24) is 5.32 Å². The Labute approximate surface area is 80.1 Å². The largest absolute Gasteiger partial charge is 0.316 e. The molecule has 0 aromatic heterocycles. The molecule has 0 bridgehead atoms. The van der Waals surface area contributed by atoms with E-state index in [2.05, 4.69) is 5.32 Å². The third kappa shape index (κ3) is 2.67. The van der Waals surface area contributed by atoms with E-state index in [0.29, 0.717) is 5.92 Å². The third-order valence-electron chi connectivity index (χ3n) is 3.55. The first-order chi connectivity index (χ1) is 6.34. The average Bonchev–Trinajstić information content (AvgIpc) is 2.57. The van der Waals surface area contributed by atoms with Crippen molar-refractivity contribution in [1.29, 1.82) is 0 Å². The van der Waals surface area contributed by atoms with Gasteiger partial charge >= 0.3 is 0 Å². The van der Waals surface area contributed by atoms with Crippen LogP contribution in [0.5, 0.6) is 0 Å². The maximum atomic E-state index is 13.1. The van der Waals surface area contributed by atoms with E-state index in [-0.39, 0.29) is 0 Å². The first-order valence-electron chi connectivity index (χ1n) is 5.69. The second-order valence-electron chi connectivity index (χ2n) is 4.72. The van der Waals surface area contributed by atoms with Gasteiger partial charge in [0.2, 0.25) is 0 Å². The molecular formula is C11H20FN. The standard InChI is InChI=1S/C11H20FN/c12-11-3-1-2-9(7-11)6-10-4-5-13-8-10/h9-11,13H,1-8H2. The fourth-order valence-corrected chi connectivity index (χ4v) is 2.83. The van der Waals surface area contributed by atoms with Crippen molar-refractivity contribution in [3.63, 3.8) is 0 Å². The van der Waals surface area contributed by atoms with Crippen LogP contribution in [-0.4, -0.2) is 19.3 Å². The zero-order chi connectivity index (χ0) is 9.10. The van der Waals surface area contributed by atoms with Gasteiger partial charge in [0.25, 0.3) is 0 Å². The summed E-state index contributed by atoms with van der Waals surface area (Å²) in [6.07, 6.45) is 6.15. The highest BCUT2D eigenvalue weighted by Crippen LogP contribution is 2.32. The van der Waals surface area contributed by atoms with Crippen molar-refractivity contribution in [3.05, 3.63) is 0 Å². The number of hydrogen-bond acceptors (Lipinski definition) is 1. The van der Waals surface area contributed by atoms with Crippen LogP contribution >= 0.6 is 0 Å². The third-order valence-corrected chi connectivity index (χ3v) is 3.55. The van der Waals surface area contributed by atoms with E-state index >= 15 is 0 Å². The Morgan fingerprint density at radius 1 is 1.15 bits per heavy atom. The monoisotopic (exact) mass is 185 g/mol. The van der Waals surface area contributed by atoms with Gasteiger partial charge in [-0.25, -0.2) is 4.39 Å². The van der Waals surface area contributed by atoms with E-state index in [1.54, 1.807) is 0 Å². The molecule has 1 saturated carbocycles. The molecule has 2 aliphatic rings. The van der Waals surface area contributed by atoms with Gasteiger partial charge in [-0.05, 0) is 50.6 Å². The van der Waals surface area contributed by atoms with Gasteiger partial charge in [-0.3, -0.25) is 0 Å². The molecule has 76 valence electrons. The van der Waals surface area contributed by atoms with E-state index in [1.807, 2.05) is 0 Å². The minimum Gasteiger partial charge on any atom is -0.316 e. The van der Waals surface area contributed by atoms with Crippen LogP contribution in [0.25, 0.3) is 0 Å². The van der Waals surface area contributed by atoms with Crippen LogP contribution in [0.2, 0.25) is 0 Å². The summed E-state index contributed by atoms with van der Waals surface area (Å²) in [4.78, 5) is 0. The predicted octanol–water partition coefficient (Wildman–Crippen LogP) is 2.51. The van der Waals surface area contributed by atoms with Gasteiger partial charge < -0.3 is 5.32 Å². The van der Waals surface area contributed by atoms with Crippen LogP contribution in [0.4, 0.5) is 4.39 Å². The fraction of sp³-hybridized carbons (Fsp3) is 1.00. The van der Waals surface area contributed by atoms with Crippen molar-refractivity contribution in [2.75, 3.05) is 13.1 Å². The molecule has 1 aliphatic heterocycles. The molecule has 1 aliphatic carbocycles. The van der Waals surface area contributed by atoms with Crippen LogP contribution in [0.1, 0.15) is 38.5 Å². The SMILES string of the molecule is FC1CCCC(CC2CCNC2)C1. The topological polar surface area (TPSA) is 12.0 Å². The molecule has 0 radical (unpaired) electrons. The lowest BCUT2D eigenvalue weighted by atomic mass is 9.82. The molecule has 2 heteroatoms. The molecule has 1 heterocycles. The Morgan fingerprint density at radius 2 is 2.08 bits per heavy atom. The van der Waals surface area contributed by atoms with Gasteiger partial charge in [0.05, 0.1) is 0 Å². The smallest absolute Gasteiger partial charge is 0.100 e. The van der Waals surface area contributed by atoms with Crippen LogP contribution in [0.3, 0.4) is 0 Å². The minimum atomic E-state index is -0.492. The molecule has 3 atom stereocenters. The quantitative estimate of drug-likeness (QED) is 0.697. The molecule has 0 amide bonds. The fourth-order valence-electron chi connectivity index (χ4n) is 2.83. The van der Waals surface area contributed by atoms with Crippen molar-refractivity contribution in [2.24, 2.45) is 11.8 Å². The lowest BCUT2D eigenvalue weighted by Gasteiger charge is -2.26. The highest BCUT2D eigenvalue weighted by molar-refractivity contribution is 4.78. The number of rotatable bonds is 2. The second kappa shape index (κ2) is 4.41. The molecule has 2 fully saturated rings. The molecule has 0 aromatic carbocycles. The van der Waals surface area contributed by atoms with Gasteiger partial charge in [-0.15, -0.1) is 0 Å². The summed E-state index contributed by atoms with van der Waals surface area (Å²) in [5.74, 6) is 1.53. The minimum absolute atomic E-state index is 0.492. The van der Waals surface area contributed by atoms with Crippen molar-refractivity contribution >= 4 is 0 Å². The number of nitrogens with one attached hydrogen (secondary N) is 1. The zero-order valence-electron chi connectivity index (χ0n) is 8.27. The molecule has 1 N–H and O–H groups in total. The van der Waals surface area contributed by atoms with Gasteiger partial charge in [0.15, 0.2) is 0 Å². The first kappa shape index (κ1) is 9.45. The highest BCUT2D eigenvalue weighted by Gasteiger charge is 2.25. The normalized spacial score (nSPS) is 40.8. The van der Waals surface area contributed by atoms with E-state index in [4.69, 9.17) is 0 Å². The molecular weight excluding hydrogens is 165 g/mol. The van der Waals surface area contributed by atoms with Crippen LogP contribution in [0.15, 0.2) is 0 Å². The Kier molecular flexibility index (Phi) is 3.20. The summed E-state index contributed by atoms with van der Waals surface area (Å²) < 4.78 is 13.1. The van der Waals surface area contributed by atoms with Gasteiger partial charge in [-0.2, -0.15) is 0 Å². The van der Waals surface area contributed by atoms with Crippen molar-refractivity contribution in [3.8, 4) is 0 Å². The number of alkyl halides is 1. The number of halogens is 1. The summed E-state index contributed by atoms with van der Waals surface area (Å²) in [6.45, 7) is 2.35. The van der Waals surface area contributed by atoms with Crippen LogP contribution in [-0.2, 0) is 0 Å². The van der Waals surface area contributed by atoms with E-state index in [1.165, 1.54) is 32.4 Å². The molecule has 0 spiro atoms.